The molecule has 2 rings (SSSR count). The van der Waals surface area contributed by atoms with E-state index in [4.69, 9.17) is 58.0 Å². The van der Waals surface area contributed by atoms with Crippen LogP contribution >= 0.6 is 70.4 Å². The van der Waals surface area contributed by atoms with E-state index in [0.29, 0.717) is 39.1 Å². The fourth-order valence-electron chi connectivity index (χ4n) is 2.12. The van der Waals surface area contributed by atoms with E-state index in [0.717, 1.165) is 17.7 Å². The first kappa shape index (κ1) is 21.2. The first-order chi connectivity index (χ1) is 10.5. The highest BCUT2D eigenvalue weighted by atomic mass is 35.5. The summed E-state index contributed by atoms with van der Waals surface area (Å²) in [6, 6.07) is 11.0. The second-order valence-electron chi connectivity index (χ2n) is 4.87. The van der Waals surface area contributed by atoms with E-state index in [1.54, 1.807) is 12.1 Å². The van der Waals surface area contributed by atoms with Crippen molar-refractivity contribution in [2.75, 3.05) is 12.4 Å². The highest BCUT2D eigenvalue weighted by Gasteiger charge is 2.11. The van der Waals surface area contributed by atoms with Crippen molar-refractivity contribution in [2.45, 2.75) is 13.1 Å². The van der Waals surface area contributed by atoms with Crippen LogP contribution in [-0.2, 0) is 13.1 Å². The molecule has 1 nitrogen and oxygen atoms in total. The lowest BCUT2D eigenvalue weighted by Gasteiger charge is -2.22. The van der Waals surface area contributed by atoms with Crippen LogP contribution in [0.1, 0.15) is 11.1 Å². The summed E-state index contributed by atoms with van der Waals surface area (Å²) in [5, 5.41) is 2.54. The largest absolute Gasteiger partial charge is 0.294 e. The molecule has 0 aliphatic heterocycles. The van der Waals surface area contributed by atoms with E-state index in [2.05, 4.69) is 4.90 Å². The van der Waals surface area contributed by atoms with Crippen LogP contribution in [0.5, 0.6) is 0 Å². The second kappa shape index (κ2) is 10.2. The van der Waals surface area contributed by atoms with E-state index in [1.165, 1.54) is 0 Å². The van der Waals surface area contributed by atoms with E-state index in [-0.39, 0.29) is 12.4 Å². The number of alkyl halides is 1. The molecule has 2 aromatic rings. The predicted octanol–water partition coefficient (Wildman–Crippen LogP) is 6.96. The van der Waals surface area contributed by atoms with E-state index < -0.39 is 0 Å². The van der Waals surface area contributed by atoms with Crippen LogP contribution in [0.3, 0.4) is 0 Å². The zero-order valence-electron chi connectivity index (χ0n) is 12.0. The summed E-state index contributed by atoms with van der Waals surface area (Å²) >= 11 is 30.3. The average Bonchev–Trinajstić information content (AvgIpc) is 2.45. The van der Waals surface area contributed by atoms with Gasteiger partial charge < -0.3 is 0 Å². The number of hydrogen-bond donors (Lipinski definition) is 0. The van der Waals surface area contributed by atoms with Crippen LogP contribution in [0.2, 0.25) is 20.1 Å². The van der Waals surface area contributed by atoms with Gasteiger partial charge in [-0.05, 0) is 35.4 Å². The molecular weight excluding hydrogens is 419 g/mol. The summed E-state index contributed by atoms with van der Waals surface area (Å²) in [4.78, 5) is 2.18. The maximum atomic E-state index is 6.24. The molecule has 0 aliphatic rings. The Hall–Kier alpha value is 0.140. The summed E-state index contributed by atoms with van der Waals surface area (Å²) in [5.41, 5.74) is 2.00. The van der Waals surface area contributed by atoms with Crippen molar-refractivity contribution < 1.29 is 0 Å². The fourth-order valence-corrected chi connectivity index (χ4v) is 3.29. The maximum Gasteiger partial charge on any atom is 0.0465 e. The third kappa shape index (κ3) is 6.51. The summed E-state index contributed by atoms with van der Waals surface area (Å²) in [5.74, 6) is 0.524. The van der Waals surface area contributed by atoms with Gasteiger partial charge >= 0.3 is 0 Å². The monoisotopic (exact) mass is 431 g/mol. The Morgan fingerprint density at radius 3 is 1.52 bits per heavy atom. The topological polar surface area (TPSA) is 3.24 Å². The van der Waals surface area contributed by atoms with Crippen molar-refractivity contribution >= 4 is 70.4 Å². The van der Waals surface area contributed by atoms with E-state index >= 15 is 0 Å². The number of nitrogens with zero attached hydrogens (tertiary/aromatic N) is 1. The minimum absolute atomic E-state index is 0. The van der Waals surface area contributed by atoms with Crippen LogP contribution in [0.25, 0.3) is 0 Å². The first-order valence-corrected chi connectivity index (χ1v) is 8.70. The maximum absolute atomic E-state index is 6.24. The van der Waals surface area contributed by atoms with Gasteiger partial charge in [-0.15, -0.1) is 24.0 Å². The van der Waals surface area contributed by atoms with Crippen molar-refractivity contribution in [1.82, 2.24) is 4.90 Å². The summed E-state index contributed by atoms with van der Waals surface area (Å²) < 4.78 is 0. The highest BCUT2D eigenvalue weighted by Crippen LogP contribution is 2.25. The van der Waals surface area contributed by atoms with Gasteiger partial charge in [0.1, 0.15) is 0 Å². The molecule has 0 bridgehead atoms. The number of hydrogen-bond acceptors (Lipinski definition) is 1. The van der Waals surface area contributed by atoms with Gasteiger partial charge in [-0.1, -0.05) is 58.5 Å². The van der Waals surface area contributed by atoms with Crippen LogP contribution in [0.4, 0.5) is 0 Å². The van der Waals surface area contributed by atoms with Gasteiger partial charge in [-0.3, -0.25) is 4.90 Å². The standard InChI is InChI=1S/C16H14Cl5N.ClH/c17-5-6-22(9-11-1-3-13(18)7-15(11)20)10-12-2-4-14(19)8-16(12)21;/h1-4,7-8H,5-6,9-10H2;1H. The summed E-state index contributed by atoms with van der Waals surface area (Å²) in [6.45, 7) is 2.06. The zero-order valence-corrected chi connectivity index (χ0v) is 16.6. The van der Waals surface area contributed by atoms with Crippen LogP contribution in [0.15, 0.2) is 36.4 Å². The Morgan fingerprint density at radius 1 is 0.739 bits per heavy atom. The van der Waals surface area contributed by atoms with E-state index in [1.807, 2.05) is 24.3 Å². The summed E-state index contributed by atoms with van der Waals surface area (Å²) in [7, 11) is 0. The fraction of sp³-hybridized carbons (Fsp3) is 0.250. The van der Waals surface area contributed by atoms with Crippen molar-refractivity contribution in [3.8, 4) is 0 Å². The molecule has 0 unspecified atom stereocenters. The van der Waals surface area contributed by atoms with Crippen molar-refractivity contribution in [3.05, 3.63) is 67.6 Å². The first-order valence-electron chi connectivity index (χ1n) is 6.66. The van der Waals surface area contributed by atoms with Gasteiger partial charge in [0.25, 0.3) is 0 Å². The van der Waals surface area contributed by atoms with Crippen molar-refractivity contribution in [1.29, 1.82) is 0 Å². The number of benzene rings is 2. The van der Waals surface area contributed by atoms with Crippen molar-refractivity contribution in [2.24, 2.45) is 0 Å². The lowest BCUT2D eigenvalue weighted by atomic mass is 10.1. The Balaban J connectivity index is 0.00000264. The molecule has 0 saturated carbocycles. The van der Waals surface area contributed by atoms with Crippen LogP contribution in [0, 0.1) is 0 Å². The Labute approximate surface area is 167 Å². The van der Waals surface area contributed by atoms with Gasteiger partial charge in [0, 0.05) is 45.6 Å². The average molecular weight is 434 g/mol. The number of rotatable bonds is 6. The zero-order chi connectivity index (χ0) is 16.1. The molecule has 23 heavy (non-hydrogen) atoms. The van der Waals surface area contributed by atoms with Crippen LogP contribution < -0.4 is 0 Å². The Kier molecular flexibility index (Phi) is 9.40. The highest BCUT2D eigenvalue weighted by molar-refractivity contribution is 6.35. The molecule has 0 radical (unpaired) electrons. The van der Waals surface area contributed by atoms with Crippen LogP contribution in [-0.4, -0.2) is 17.3 Å². The molecule has 0 spiro atoms. The lowest BCUT2D eigenvalue weighted by molar-refractivity contribution is 0.273. The lowest BCUT2D eigenvalue weighted by Crippen LogP contribution is -2.25. The quantitative estimate of drug-likeness (QED) is 0.445. The molecule has 0 fully saturated rings. The molecule has 2 aromatic carbocycles. The molecule has 126 valence electrons. The predicted molar refractivity (Wildman–Crippen MR) is 105 cm³/mol. The SMILES string of the molecule is Cl.ClCCN(Cc1ccc(Cl)cc1Cl)Cc1ccc(Cl)cc1Cl. The third-order valence-corrected chi connectivity index (χ3v) is 4.56. The molecular formula is C16H15Cl6N. The van der Waals surface area contributed by atoms with Gasteiger partial charge in [0.2, 0.25) is 0 Å². The smallest absolute Gasteiger partial charge is 0.0465 e. The van der Waals surface area contributed by atoms with E-state index in [9.17, 15) is 0 Å². The normalized spacial score (nSPS) is 10.7. The summed E-state index contributed by atoms with van der Waals surface area (Å²) in [6.07, 6.45) is 0. The minimum Gasteiger partial charge on any atom is -0.294 e. The molecule has 0 atom stereocenters. The molecule has 0 aromatic heterocycles. The van der Waals surface area contributed by atoms with Gasteiger partial charge in [-0.2, -0.15) is 0 Å². The van der Waals surface area contributed by atoms with Gasteiger partial charge in [0.05, 0.1) is 0 Å². The van der Waals surface area contributed by atoms with Gasteiger partial charge in [0.15, 0.2) is 0 Å². The Bertz CT molecular complexity index is 593. The van der Waals surface area contributed by atoms with Gasteiger partial charge in [-0.25, -0.2) is 0 Å². The third-order valence-electron chi connectivity index (χ3n) is 3.22. The molecule has 0 amide bonds. The number of halogens is 6. The molecule has 0 heterocycles. The molecule has 0 aliphatic carbocycles. The molecule has 0 saturated heterocycles. The minimum atomic E-state index is 0. The van der Waals surface area contributed by atoms with Crippen molar-refractivity contribution in [3.63, 3.8) is 0 Å². The molecule has 0 N–H and O–H groups in total. The Morgan fingerprint density at radius 2 is 1.17 bits per heavy atom. The second-order valence-corrected chi connectivity index (χ2v) is 6.94. The molecule has 7 heteroatoms.